The molecule has 4 heteroatoms. The van der Waals surface area contributed by atoms with Crippen molar-refractivity contribution >= 4 is 0 Å². The number of ether oxygens (including phenoxy) is 1. The van der Waals surface area contributed by atoms with Gasteiger partial charge in [-0.1, -0.05) is 30.3 Å². The van der Waals surface area contributed by atoms with Crippen LogP contribution in [0.2, 0.25) is 0 Å². The molecule has 1 aromatic heterocycles. The van der Waals surface area contributed by atoms with E-state index in [0.717, 1.165) is 5.56 Å². The molecule has 1 N–H and O–H groups in total. The van der Waals surface area contributed by atoms with E-state index in [1.165, 1.54) is 0 Å². The molecule has 2 aromatic rings. The van der Waals surface area contributed by atoms with Crippen LogP contribution < -0.4 is 0 Å². The van der Waals surface area contributed by atoms with Crippen molar-refractivity contribution in [2.45, 2.75) is 5.60 Å². The van der Waals surface area contributed by atoms with E-state index in [2.05, 4.69) is 4.98 Å². The van der Waals surface area contributed by atoms with Crippen LogP contribution in [0.1, 0.15) is 11.4 Å². The molecule has 0 bridgehead atoms. The minimum atomic E-state index is -1.21. The molecule has 0 amide bonds. The fourth-order valence-corrected chi connectivity index (χ4v) is 1.96. The first-order valence-corrected chi connectivity index (χ1v) is 5.43. The summed E-state index contributed by atoms with van der Waals surface area (Å²) in [7, 11) is 3.42. The molecule has 0 aliphatic rings. The molecule has 0 fully saturated rings. The van der Waals surface area contributed by atoms with Gasteiger partial charge in [0, 0.05) is 26.6 Å². The van der Waals surface area contributed by atoms with Crippen LogP contribution in [0.5, 0.6) is 0 Å². The Morgan fingerprint density at radius 1 is 1.35 bits per heavy atom. The molecule has 1 unspecified atom stereocenters. The van der Waals surface area contributed by atoms with E-state index in [0.29, 0.717) is 5.82 Å². The fraction of sp³-hybridized carbons (Fsp3) is 0.308. The second-order valence-corrected chi connectivity index (χ2v) is 4.02. The van der Waals surface area contributed by atoms with Crippen LogP contribution in [0.25, 0.3) is 0 Å². The highest BCUT2D eigenvalue weighted by Crippen LogP contribution is 2.28. The van der Waals surface area contributed by atoms with Crippen molar-refractivity contribution in [3.8, 4) is 0 Å². The van der Waals surface area contributed by atoms with Crippen LogP contribution in [0.3, 0.4) is 0 Å². The number of aliphatic hydroxyl groups is 1. The highest BCUT2D eigenvalue weighted by Gasteiger charge is 2.35. The third-order valence-corrected chi connectivity index (χ3v) is 2.80. The van der Waals surface area contributed by atoms with Crippen molar-refractivity contribution in [1.82, 2.24) is 9.55 Å². The first kappa shape index (κ1) is 11.8. The summed E-state index contributed by atoms with van der Waals surface area (Å²) >= 11 is 0. The van der Waals surface area contributed by atoms with Gasteiger partial charge in [0.05, 0.1) is 6.61 Å². The van der Waals surface area contributed by atoms with E-state index < -0.39 is 5.60 Å². The molecule has 0 saturated carbocycles. The summed E-state index contributed by atoms with van der Waals surface area (Å²) in [6.07, 6.45) is 3.47. The Morgan fingerprint density at radius 2 is 2.06 bits per heavy atom. The standard InChI is InChI=1S/C13H16N2O2/c1-15-9-8-14-12(15)13(16,10-17-2)11-6-4-3-5-7-11/h3-9,16H,10H2,1-2H3. The molecular formula is C13H16N2O2. The van der Waals surface area contributed by atoms with Crippen molar-refractivity contribution in [2.24, 2.45) is 7.05 Å². The molecule has 4 nitrogen and oxygen atoms in total. The number of methoxy groups -OCH3 is 1. The van der Waals surface area contributed by atoms with E-state index in [1.54, 1.807) is 24.1 Å². The molecule has 0 saturated heterocycles. The molecular weight excluding hydrogens is 216 g/mol. The Bertz CT molecular complexity index is 481. The van der Waals surface area contributed by atoms with Crippen LogP contribution in [0, 0.1) is 0 Å². The van der Waals surface area contributed by atoms with Crippen LogP contribution in [0.4, 0.5) is 0 Å². The zero-order chi connectivity index (χ0) is 12.3. The van der Waals surface area contributed by atoms with E-state index >= 15 is 0 Å². The summed E-state index contributed by atoms with van der Waals surface area (Å²) < 4.78 is 6.93. The van der Waals surface area contributed by atoms with Gasteiger partial charge in [-0.25, -0.2) is 4.98 Å². The summed E-state index contributed by atoms with van der Waals surface area (Å²) in [5, 5.41) is 10.8. The maximum absolute atomic E-state index is 10.8. The zero-order valence-corrected chi connectivity index (χ0v) is 10.00. The molecule has 90 valence electrons. The molecule has 17 heavy (non-hydrogen) atoms. The third kappa shape index (κ3) is 2.09. The molecule has 0 spiro atoms. The number of hydrogen-bond acceptors (Lipinski definition) is 3. The minimum absolute atomic E-state index is 0.169. The Balaban J connectivity index is 2.50. The Kier molecular flexibility index (Phi) is 3.26. The van der Waals surface area contributed by atoms with Crippen LogP contribution in [-0.2, 0) is 17.4 Å². The largest absolute Gasteiger partial charge is 0.381 e. The van der Waals surface area contributed by atoms with E-state index in [1.807, 2.05) is 37.4 Å². The van der Waals surface area contributed by atoms with Gasteiger partial charge < -0.3 is 14.4 Å². The number of rotatable bonds is 4. The summed E-state index contributed by atoms with van der Waals surface area (Å²) in [6.45, 7) is 0.169. The van der Waals surface area contributed by atoms with Gasteiger partial charge in [0.25, 0.3) is 0 Å². The molecule has 0 radical (unpaired) electrons. The predicted molar refractivity (Wildman–Crippen MR) is 64.5 cm³/mol. The van der Waals surface area contributed by atoms with Crippen LogP contribution in [0.15, 0.2) is 42.7 Å². The van der Waals surface area contributed by atoms with Crippen molar-refractivity contribution < 1.29 is 9.84 Å². The Morgan fingerprint density at radius 3 is 2.59 bits per heavy atom. The van der Waals surface area contributed by atoms with Crippen LogP contribution in [-0.4, -0.2) is 28.4 Å². The van der Waals surface area contributed by atoms with Gasteiger partial charge in [-0.3, -0.25) is 0 Å². The van der Waals surface area contributed by atoms with Crippen molar-refractivity contribution in [1.29, 1.82) is 0 Å². The normalized spacial score (nSPS) is 14.5. The topological polar surface area (TPSA) is 47.3 Å². The van der Waals surface area contributed by atoms with Gasteiger partial charge in [0.15, 0.2) is 5.60 Å². The average molecular weight is 232 g/mol. The van der Waals surface area contributed by atoms with Gasteiger partial charge in [0.1, 0.15) is 5.82 Å². The summed E-state index contributed by atoms with van der Waals surface area (Å²) in [5.41, 5.74) is -0.440. The third-order valence-electron chi connectivity index (χ3n) is 2.80. The SMILES string of the molecule is COCC(O)(c1ccccc1)c1nccn1C. The quantitative estimate of drug-likeness (QED) is 0.864. The Labute approximate surface area is 100 Å². The summed E-state index contributed by atoms with van der Waals surface area (Å²) in [5.74, 6) is 0.575. The number of hydrogen-bond donors (Lipinski definition) is 1. The van der Waals surface area contributed by atoms with Crippen molar-refractivity contribution in [2.75, 3.05) is 13.7 Å². The highest BCUT2D eigenvalue weighted by molar-refractivity contribution is 5.29. The Hall–Kier alpha value is -1.65. The summed E-state index contributed by atoms with van der Waals surface area (Å²) in [6, 6.07) is 9.42. The van der Waals surface area contributed by atoms with E-state index in [-0.39, 0.29) is 6.61 Å². The second-order valence-electron chi connectivity index (χ2n) is 4.02. The highest BCUT2D eigenvalue weighted by atomic mass is 16.5. The minimum Gasteiger partial charge on any atom is -0.381 e. The van der Waals surface area contributed by atoms with Gasteiger partial charge >= 0.3 is 0 Å². The van der Waals surface area contributed by atoms with Gasteiger partial charge in [-0.15, -0.1) is 0 Å². The maximum atomic E-state index is 10.8. The lowest BCUT2D eigenvalue weighted by Crippen LogP contribution is -2.35. The van der Waals surface area contributed by atoms with Crippen molar-refractivity contribution in [3.05, 3.63) is 54.1 Å². The number of aromatic nitrogens is 2. The summed E-state index contributed by atoms with van der Waals surface area (Å²) in [4.78, 5) is 4.22. The molecule has 2 rings (SSSR count). The number of aryl methyl sites for hydroxylation is 1. The van der Waals surface area contributed by atoms with Gasteiger partial charge in [-0.2, -0.15) is 0 Å². The molecule has 0 aliphatic carbocycles. The lowest BCUT2D eigenvalue weighted by atomic mass is 9.93. The average Bonchev–Trinajstić information content (AvgIpc) is 2.77. The first-order valence-electron chi connectivity index (χ1n) is 5.43. The van der Waals surface area contributed by atoms with E-state index in [9.17, 15) is 5.11 Å². The van der Waals surface area contributed by atoms with Crippen LogP contribution >= 0.6 is 0 Å². The molecule has 1 atom stereocenters. The van der Waals surface area contributed by atoms with Gasteiger partial charge in [0.2, 0.25) is 0 Å². The molecule has 1 heterocycles. The molecule has 1 aromatic carbocycles. The smallest absolute Gasteiger partial charge is 0.170 e. The molecule has 0 aliphatic heterocycles. The number of benzene rings is 1. The maximum Gasteiger partial charge on any atom is 0.170 e. The number of imidazole rings is 1. The monoisotopic (exact) mass is 232 g/mol. The lowest BCUT2D eigenvalue weighted by Gasteiger charge is -2.27. The fourth-order valence-electron chi connectivity index (χ4n) is 1.96. The first-order chi connectivity index (χ1) is 8.18. The van der Waals surface area contributed by atoms with Gasteiger partial charge in [-0.05, 0) is 5.56 Å². The van der Waals surface area contributed by atoms with Crippen molar-refractivity contribution in [3.63, 3.8) is 0 Å². The second kappa shape index (κ2) is 4.69. The lowest BCUT2D eigenvalue weighted by molar-refractivity contribution is -0.0115. The number of nitrogens with zero attached hydrogens (tertiary/aromatic N) is 2. The zero-order valence-electron chi connectivity index (χ0n) is 10.00. The predicted octanol–water partition coefficient (Wildman–Crippen LogP) is 1.30. The van der Waals surface area contributed by atoms with E-state index in [4.69, 9.17) is 4.74 Å².